The summed E-state index contributed by atoms with van der Waals surface area (Å²) in [7, 11) is 1.49. The number of hydrogen-bond donors (Lipinski definition) is 1. The summed E-state index contributed by atoms with van der Waals surface area (Å²) in [5.74, 6) is 0.251. The fourth-order valence-corrected chi connectivity index (χ4v) is 2.90. The molecule has 5 nitrogen and oxygen atoms in total. The van der Waals surface area contributed by atoms with E-state index < -0.39 is 24.9 Å². The first kappa shape index (κ1) is 18.5. The Morgan fingerprint density at radius 1 is 1.42 bits per heavy atom. The third kappa shape index (κ3) is 3.81. The van der Waals surface area contributed by atoms with Crippen LogP contribution in [0.2, 0.25) is 0 Å². The van der Waals surface area contributed by atoms with Gasteiger partial charge in [-0.15, -0.1) is 0 Å². The molecule has 2 rings (SSSR count). The number of likely N-dealkylation sites (N-methyl/N-ethyl adjacent to an activating group) is 1. The Kier molecular flexibility index (Phi) is 5.71. The van der Waals surface area contributed by atoms with Crippen LogP contribution in [0.15, 0.2) is 24.3 Å². The number of rotatable bonds is 6. The second kappa shape index (κ2) is 7.40. The standard InChI is InChI=1S/C16H21F3N2O3/c1-3-20(10-14(22)16(17,18)19)12-8-9-21(15(12)23)11-6-4-5-7-13(11)24-2/h4-7,12,14,22H,3,8-10H2,1-2H3/t12-,14-/m0/s1. The van der Waals surface area contributed by atoms with E-state index in [1.54, 1.807) is 31.2 Å². The van der Waals surface area contributed by atoms with Crippen molar-refractivity contribution in [2.24, 2.45) is 0 Å². The van der Waals surface area contributed by atoms with Crippen LogP contribution in [0.5, 0.6) is 5.75 Å². The van der Waals surface area contributed by atoms with Crippen molar-refractivity contribution in [1.82, 2.24) is 4.90 Å². The highest BCUT2D eigenvalue weighted by atomic mass is 19.4. The van der Waals surface area contributed by atoms with Gasteiger partial charge in [-0.3, -0.25) is 9.69 Å². The number of benzene rings is 1. The molecule has 1 N–H and O–H groups in total. The Bertz CT molecular complexity index is 580. The van der Waals surface area contributed by atoms with E-state index in [2.05, 4.69) is 0 Å². The second-order valence-electron chi connectivity index (χ2n) is 5.61. The van der Waals surface area contributed by atoms with Crippen LogP contribution in [0.3, 0.4) is 0 Å². The third-order valence-electron chi connectivity index (χ3n) is 4.19. The maximum atomic E-state index is 12.7. The number of aliphatic hydroxyl groups excluding tert-OH is 1. The van der Waals surface area contributed by atoms with Gasteiger partial charge in [-0.2, -0.15) is 13.2 Å². The fraction of sp³-hybridized carbons (Fsp3) is 0.562. The van der Waals surface area contributed by atoms with Gasteiger partial charge in [-0.05, 0) is 25.1 Å². The lowest BCUT2D eigenvalue weighted by atomic mass is 10.2. The van der Waals surface area contributed by atoms with Crippen molar-refractivity contribution in [3.05, 3.63) is 24.3 Å². The number of nitrogens with zero attached hydrogens (tertiary/aromatic N) is 2. The summed E-state index contributed by atoms with van der Waals surface area (Å²) < 4.78 is 43.0. The van der Waals surface area contributed by atoms with E-state index in [1.165, 1.54) is 16.9 Å². The van der Waals surface area contributed by atoms with Gasteiger partial charge in [0, 0.05) is 13.1 Å². The maximum absolute atomic E-state index is 12.7. The maximum Gasteiger partial charge on any atom is 0.415 e. The quantitative estimate of drug-likeness (QED) is 0.857. The summed E-state index contributed by atoms with van der Waals surface area (Å²) in [5, 5.41) is 9.29. The Balaban J connectivity index is 2.15. The molecule has 0 bridgehead atoms. The summed E-state index contributed by atoms with van der Waals surface area (Å²) in [4.78, 5) is 15.6. The van der Waals surface area contributed by atoms with Gasteiger partial charge in [0.2, 0.25) is 5.91 Å². The number of ether oxygens (including phenoxy) is 1. The number of aliphatic hydroxyl groups is 1. The molecule has 0 saturated carbocycles. The topological polar surface area (TPSA) is 53.0 Å². The Hall–Kier alpha value is -1.80. The molecule has 1 aliphatic heterocycles. The molecule has 134 valence electrons. The van der Waals surface area contributed by atoms with Crippen molar-refractivity contribution in [2.45, 2.75) is 31.7 Å². The van der Waals surface area contributed by atoms with E-state index in [9.17, 15) is 23.1 Å². The molecule has 1 aliphatic rings. The van der Waals surface area contributed by atoms with Gasteiger partial charge < -0.3 is 14.7 Å². The van der Waals surface area contributed by atoms with Crippen molar-refractivity contribution in [3.63, 3.8) is 0 Å². The van der Waals surface area contributed by atoms with Gasteiger partial charge in [-0.1, -0.05) is 19.1 Å². The predicted molar refractivity (Wildman–Crippen MR) is 83.1 cm³/mol. The number of carbonyl (C=O) groups excluding carboxylic acids is 1. The second-order valence-corrected chi connectivity index (χ2v) is 5.61. The number of hydrogen-bond acceptors (Lipinski definition) is 4. The third-order valence-corrected chi connectivity index (χ3v) is 4.19. The highest BCUT2D eigenvalue weighted by Crippen LogP contribution is 2.32. The number of para-hydroxylation sites is 2. The van der Waals surface area contributed by atoms with Crippen molar-refractivity contribution < 1.29 is 27.8 Å². The average Bonchev–Trinajstić information content (AvgIpc) is 2.92. The van der Waals surface area contributed by atoms with Crippen LogP contribution in [-0.4, -0.2) is 61.0 Å². The van der Waals surface area contributed by atoms with E-state index in [1.807, 2.05) is 0 Å². The summed E-state index contributed by atoms with van der Waals surface area (Å²) >= 11 is 0. The molecule has 1 aromatic rings. The summed E-state index contributed by atoms with van der Waals surface area (Å²) in [6.45, 7) is 1.68. The van der Waals surface area contributed by atoms with Crippen molar-refractivity contribution in [3.8, 4) is 5.75 Å². The van der Waals surface area contributed by atoms with Gasteiger partial charge in [0.15, 0.2) is 6.10 Å². The van der Waals surface area contributed by atoms with Crippen LogP contribution in [0.1, 0.15) is 13.3 Å². The molecular formula is C16H21F3N2O3. The zero-order valence-corrected chi connectivity index (χ0v) is 13.6. The van der Waals surface area contributed by atoms with Crippen molar-refractivity contribution >= 4 is 11.6 Å². The highest BCUT2D eigenvalue weighted by Gasteiger charge is 2.43. The summed E-state index contributed by atoms with van der Waals surface area (Å²) in [6.07, 6.45) is -6.77. The summed E-state index contributed by atoms with van der Waals surface area (Å²) in [6, 6.07) is 6.32. The van der Waals surface area contributed by atoms with Gasteiger partial charge >= 0.3 is 6.18 Å². The molecule has 0 spiro atoms. The smallest absolute Gasteiger partial charge is 0.415 e. The molecule has 1 heterocycles. The first-order chi connectivity index (χ1) is 11.3. The van der Waals surface area contributed by atoms with Gasteiger partial charge in [0.05, 0.1) is 18.8 Å². The molecule has 0 aliphatic carbocycles. The van der Waals surface area contributed by atoms with Crippen LogP contribution in [0.25, 0.3) is 0 Å². The van der Waals surface area contributed by atoms with Crippen molar-refractivity contribution in [2.75, 3.05) is 31.6 Å². The Morgan fingerprint density at radius 2 is 2.08 bits per heavy atom. The number of amides is 1. The lowest BCUT2D eigenvalue weighted by molar-refractivity contribution is -0.209. The van der Waals surface area contributed by atoms with Gasteiger partial charge in [0.25, 0.3) is 0 Å². The van der Waals surface area contributed by atoms with E-state index in [0.717, 1.165) is 0 Å². The number of halogens is 3. The van der Waals surface area contributed by atoms with Crippen LogP contribution < -0.4 is 9.64 Å². The summed E-state index contributed by atoms with van der Waals surface area (Å²) in [5.41, 5.74) is 0.597. The van der Waals surface area contributed by atoms with Gasteiger partial charge in [0.1, 0.15) is 5.75 Å². The molecule has 8 heteroatoms. The van der Waals surface area contributed by atoms with Crippen LogP contribution in [0.4, 0.5) is 18.9 Å². The van der Waals surface area contributed by atoms with E-state index >= 15 is 0 Å². The Labute approximate surface area is 138 Å². The minimum absolute atomic E-state index is 0.239. The Morgan fingerprint density at radius 3 is 2.67 bits per heavy atom. The fourth-order valence-electron chi connectivity index (χ4n) is 2.90. The first-order valence-corrected chi connectivity index (χ1v) is 7.72. The predicted octanol–water partition coefficient (Wildman–Crippen LogP) is 2.05. The zero-order valence-electron chi connectivity index (χ0n) is 13.6. The van der Waals surface area contributed by atoms with Crippen molar-refractivity contribution in [1.29, 1.82) is 0 Å². The molecule has 24 heavy (non-hydrogen) atoms. The number of anilines is 1. The average molecular weight is 346 g/mol. The molecule has 2 atom stereocenters. The van der Waals surface area contributed by atoms with E-state index in [-0.39, 0.29) is 12.5 Å². The minimum atomic E-state index is -4.70. The molecule has 0 aromatic heterocycles. The largest absolute Gasteiger partial charge is 0.495 e. The highest BCUT2D eigenvalue weighted by molar-refractivity contribution is 6.00. The number of methoxy groups -OCH3 is 1. The minimum Gasteiger partial charge on any atom is -0.495 e. The van der Waals surface area contributed by atoms with Crippen LogP contribution in [-0.2, 0) is 4.79 Å². The molecule has 1 fully saturated rings. The lowest BCUT2D eigenvalue weighted by Gasteiger charge is -2.29. The molecular weight excluding hydrogens is 325 g/mol. The van der Waals surface area contributed by atoms with Crippen LogP contribution >= 0.6 is 0 Å². The first-order valence-electron chi connectivity index (χ1n) is 7.72. The lowest BCUT2D eigenvalue weighted by Crippen LogP contribution is -2.48. The number of carbonyl (C=O) groups is 1. The monoisotopic (exact) mass is 346 g/mol. The molecule has 0 unspecified atom stereocenters. The molecule has 1 amide bonds. The zero-order chi connectivity index (χ0) is 17.9. The SMILES string of the molecule is CCN(C[C@H](O)C(F)(F)F)[C@H]1CCN(c2ccccc2OC)C1=O. The normalized spacial score (nSPS) is 19.9. The van der Waals surface area contributed by atoms with Gasteiger partial charge in [-0.25, -0.2) is 0 Å². The molecule has 1 saturated heterocycles. The molecule has 0 radical (unpaired) electrons. The number of alkyl halides is 3. The van der Waals surface area contributed by atoms with Crippen LogP contribution in [0, 0.1) is 0 Å². The van der Waals surface area contributed by atoms with E-state index in [0.29, 0.717) is 24.4 Å². The molecule has 1 aromatic carbocycles. The van der Waals surface area contributed by atoms with E-state index in [4.69, 9.17) is 4.74 Å².